The average Bonchev–Trinajstić information content (AvgIpc) is 3.11. The van der Waals surface area contributed by atoms with E-state index in [0.29, 0.717) is 6.04 Å². The van der Waals surface area contributed by atoms with Gasteiger partial charge in [0.1, 0.15) is 0 Å². The molecule has 2 fully saturated rings. The third kappa shape index (κ3) is 2.40. The Morgan fingerprint density at radius 3 is 2.78 bits per heavy atom. The summed E-state index contributed by atoms with van der Waals surface area (Å²) in [6, 6.07) is 0.766. The normalized spacial score (nSPS) is 28.8. The first-order chi connectivity index (χ1) is 8.75. The summed E-state index contributed by atoms with van der Waals surface area (Å²) in [5, 5.41) is 22.0. The molecule has 6 nitrogen and oxygen atoms in total. The molecule has 2 aliphatic carbocycles. The zero-order chi connectivity index (χ0) is 12.5. The van der Waals surface area contributed by atoms with Gasteiger partial charge in [0, 0.05) is 6.04 Å². The molecule has 3 rings (SSSR count). The molecular weight excluding hydrogens is 230 g/mol. The molecule has 6 heteroatoms. The predicted molar refractivity (Wildman–Crippen MR) is 65.8 cm³/mol. The van der Waals surface area contributed by atoms with E-state index in [-0.39, 0.29) is 12.1 Å². The summed E-state index contributed by atoms with van der Waals surface area (Å²) in [6.45, 7) is 0.727. The van der Waals surface area contributed by atoms with E-state index in [9.17, 15) is 5.11 Å². The Kier molecular flexibility index (Phi) is 3.30. The second kappa shape index (κ2) is 4.93. The number of hydrogen-bond acceptors (Lipinski definition) is 5. The van der Waals surface area contributed by atoms with Crippen molar-refractivity contribution in [1.82, 2.24) is 25.1 Å². The Bertz CT molecular complexity index is 403. The van der Waals surface area contributed by atoms with E-state index in [1.165, 1.54) is 19.3 Å². The van der Waals surface area contributed by atoms with Crippen molar-refractivity contribution in [3.63, 3.8) is 0 Å². The van der Waals surface area contributed by atoms with E-state index < -0.39 is 0 Å². The van der Waals surface area contributed by atoms with E-state index >= 15 is 0 Å². The summed E-state index contributed by atoms with van der Waals surface area (Å²) in [6.07, 6.45) is 6.52. The van der Waals surface area contributed by atoms with Crippen LogP contribution in [0.5, 0.6) is 0 Å². The van der Waals surface area contributed by atoms with Crippen LogP contribution < -0.4 is 0 Å². The number of aliphatic hydroxyl groups excluding tert-OH is 1. The van der Waals surface area contributed by atoms with Crippen molar-refractivity contribution in [2.24, 2.45) is 0 Å². The highest BCUT2D eigenvalue weighted by Crippen LogP contribution is 2.34. The molecule has 0 amide bonds. The number of aromatic nitrogens is 4. The van der Waals surface area contributed by atoms with E-state index in [0.717, 1.165) is 31.6 Å². The molecule has 2 saturated carbocycles. The number of rotatable bonds is 4. The van der Waals surface area contributed by atoms with Gasteiger partial charge in [0.2, 0.25) is 0 Å². The topological polar surface area (TPSA) is 67.1 Å². The first kappa shape index (κ1) is 12.0. The van der Waals surface area contributed by atoms with Crippen molar-refractivity contribution in [2.75, 3.05) is 7.05 Å². The molecule has 1 heterocycles. The van der Waals surface area contributed by atoms with Gasteiger partial charge in [-0.05, 0) is 43.2 Å². The first-order valence-electron chi connectivity index (χ1n) is 6.91. The minimum absolute atomic E-state index is 0.200. The molecule has 0 radical (unpaired) electrons. The highest BCUT2D eigenvalue weighted by Gasteiger charge is 2.30. The average molecular weight is 251 g/mol. The van der Waals surface area contributed by atoms with E-state index in [4.69, 9.17) is 0 Å². The van der Waals surface area contributed by atoms with E-state index in [1.807, 2.05) is 4.68 Å². The van der Waals surface area contributed by atoms with Gasteiger partial charge < -0.3 is 5.11 Å². The van der Waals surface area contributed by atoms with Crippen molar-refractivity contribution in [1.29, 1.82) is 0 Å². The van der Waals surface area contributed by atoms with Crippen LogP contribution in [0.3, 0.4) is 0 Å². The minimum Gasteiger partial charge on any atom is -0.391 e. The van der Waals surface area contributed by atoms with Crippen molar-refractivity contribution < 1.29 is 5.11 Å². The quantitative estimate of drug-likeness (QED) is 0.855. The van der Waals surface area contributed by atoms with Crippen molar-refractivity contribution in [2.45, 2.75) is 63.3 Å². The van der Waals surface area contributed by atoms with Gasteiger partial charge in [-0.2, -0.15) is 0 Å². The lowest BCUT2D eigenvalue weighted by Crippen LogP contribution is -2.43. The summed E-state index contributed by atoms with van der Waals surface area (Å²) in [7, 11) is 2.06. The Balaban J connectivity index is 1.65. The molecule has 0 spiro atoms. The fraction of sp³-hybridized carbons (Fsp3) is 0.917. The molecule has 1 aromatic rings. The Morgan fingerprint density at radius 1 is 1.28 bits per heavy atom. The van der Waals surface area contributed by atoms with Crippen LogP contribution >= 0.6 is 0 Å². The van der Waals surface area contributed by atoms with Crippen LogP contribution in [0, 0.1) is 0 Å². The van der Waals surface area contributed by atoms with E-state index in [2.05, 4.69) is 27.5 Å². The maximum atomic E-state index is 10.1. The fourth-order valence-electron chi connectivity index (χ4n) is 2.87. The van der Waals surface area contributed by atoms with Gasteiger partial charge in [-0.1, -0.05) is 12.8 Å². The minimum atomic E-state index is -0.200. The molecule has 1 aromatic heterocycles. The van der Waals surface area contributed by atoms with Crippen LogP contribution in [0.1, 0.15) is 50.4 Å². The van der Waals surface area contributed by atoms with Gasteiger partial charge in [0.25, 0.3) is 0 Å². The largest absolute Gasteiger partial charge is 0.391 e. The van der Waals surface area contributed by atoms with Crippen LogP contribution in [0.15, 0.2) is 0 Å². The molecule has 0 aromatic carbocycles. The van der Waals surface area contributed by atoms with Crippen LogP contribution in [-0.4, -0.2) is 49.4 Å². The number of nitrogens with zero attached hydrogens (tertiary/aromatic N) is 5. The zero-order valence-corrected chi connectivity index (χ0v) is 10.9. The Labute approximate surface area is 107 Å². The summed E-state index contributed by atoms with van der Waals surface area (Å²) >= 11 is 0. The maximum absolute atomic E-state index is 10.1. The summed E-state index contributed by atoms with van der Waals surface area (Å²) in [5.41, 5.74) is 0. The third-order valence-electron chi connectivity index (χ3n) is 4.10. The second-order valence-corrected chi connectivity index (χ2v) is 5.61. The van der Waals surface area contributed by atoms with Gasteiger partial charge in [-0.25, -0.2) is 4.68 Å². The standard InChI is InChI=1S/C12H21N5O/c1-16(10-4-2-3-5-11(10)18)8-12-13-14-15-17(12)9-6-7-9/h9-11,18H,2-8H2,1H3. The molecule has 2 aliphatic rings. The molecule has 100 valence electrons. The van der Waals surface area contributed by atoms with Gasteiger partial charge in [-0.15, -0.1) is 5.10 Å². The van der Waals surface area contributed by atoms with Crippen LogP contribution in [0.25, 0.3) is 0 Å². The summed E-state index contributed by atoms with van der Waals surface area (Å²) in [4.78, 5) is 2.20. The molecule has 2 atom stereocenters. The lowest BCUT2D eigenvalue weighted by atomic mass is 9.91. The molecule has 18 heavy (non-hydrogen) atoms. The molecule has 2 unspecified atom stereocenters. The molecule has 0 bridgehead atoms. The van der Waals surface area contributed by atoms with Crippen LogP contribution in [0.2, 0.25) is 0 Å². The van der Waals surface area contributed by atoms with Gasteiger partial charge in [-0.3, -0.25) is 4.90 Å². The number of likely N-dealkylation sites (N-methyl/N-ethyl adjacent to an activating group) is 1. The smallest absolute Gasteiger partial charge is 0.165 e. The highest BCUT2D eigenvalue weighted by molar-refractivity contribution is 4.92. The fourth-order valence-corrected chi connectivity index (χ4v) is 2.87. The van der Waals surface area contributed by atoms with Crippen molar-refractivity contribution >= 4 is 0 Å². The summed E-state index contributed by atoms with van der Waals surface area (Å²) in [5.74, 6) is 0.928. The van der Waals surface area contributed by atoms with Gasteiger partial charge in [0.05, 0.1) is 18.7 Å². The van der Waals surface area contributed by atoms with Crippen molar-refractivity contribution in [3.8, 4) is 0 Å². The molecule has 1 N–H and O–H groups in total. The second-order valence-electron chi connectivity index (χ2n) is 5.61. The van der Waals surface area contributed by atoms with Gasteiger partial charge >= 0.3 is 0 Å². The SMILES string of the molecule is CN(Cc1nnnn1C1CC1)C1CCCCC1O. The maximum Gasteiger partial charge on any atom is 0.165 e. The predicted octanol–water partition coefficient (Wildman–Crippen LogP) is 0.743. The number of hydrogen-bond donors (Lipinski definition) is 1. The zero-order valence-electron chi connectivity index (χ0n) is 10.9. The Hall–Kier alpha value is -1.01. The van der Waals surface area contributed by atoms with Crippen molar-refractivity contribution in [3.05, 3.63) is 5.82 Å². The number of tetrazole rings is 1. The van der Waals surface area contributed by atoms with Crippen LogP contribution in [-0.2, 0) is 6.54 Å². The lowest BCUT2D eigenvalue weighted by molar-refractivity contribution is 0.0272. The third-order valence-corrected chi connectivity index (χ3v) is 4.10. The lowest BCUT2D eigenvalue weighted by Gasteiger charge is -2.34. The molecular formula is C12H21N5O. The first-order valence-corrected chi connectivity index (χ1v) is 6.91. The Morgan fingerprint density at radius 2 is 2.06 bits per heavy atom. The number of aliphatic hydroxyl groups is 1. The van der Waals surface area contributed by atoms with Crippen LogP contribution in [0.4, 0.5) is 0 Å². The molecule has 0 aliphatic heterocycles. The highest BCUT2D eigenvalue weighted by atomic mass is 16.3. The van der Waals surface area contributed by atoms with E-state index in [1.54, 1.807) is 0 Å². The summed E-state index contributed by atoms with van der Waals surface area (Å²) < 4.78 is 1.95. The molecule has 0 saturated heterocycles. The van der Waals surface area contributed by atoms with Gasteiger partial charge in [0.15, 0.2) is 5.82 Å². The monoisotopic (exact) mass is 251 g/mol.